The normalized spacial score (nSPS) is 19.0. The Labute approximate surface area is 131 Å². The van der Waals surface area contributed by atoms with E-state index in [0.717, 1.165) is 18.3 Å². The van der Waals surface area contributed by atoms with Crippen LogP contribution in [0, 0.1) is 0 Å². The first-order chi connectivity index (χ1) is 10.4. The average Bonchev–Trinajstić information content (AvgIpc) is 2.92. The molecule has 8 heteroatoms. The molecule has 0 amide bonds. The van der Waals surface area contributed by atoms with Gasteiger partial charge in [0.1, 0.15) is 12.8 Å². The van der Waals surface area contributed by atoms with Crippen molar-refractivity contribution in [1.82, 2.24) is 15.2 Å². The van der Waals surface area contributed by atoms with Crippen molar-refractivity contribution in [3.63, 3.8) is 0 Å². The van der Waals surface area contributed by atoms with Crippen LogP contribution in [0.15, 0.2) is 24.7 Å². The first-order valence-electron chi connectivity index (χ1n) is 7.37. The summed E-state index contributed by atoms with van der Waals surface area (Å²) in [7, 11) is -1.07. The summed E-state index contributed by atoms with van der Waals surface area (Å²) in [5.41, 5.74) is 3.72. The number of carbonyl (C=O) groups excluding carboxylic acids is 1. The van der Waals surface area contributed by atoms with Crippen molar-refractivity contribution in [2.75, 3.05) is 18.2 Å². The number of ketones is 1. The van der Waals surface area contributed by atoms with Crippen LogP contribution in [0.4, 0.5) is 5.69 Å². The van der Waals surface area contributed by atoms with E-state index >= 15 is 0 Å². The zero-order chi connectivity index (χ0) is 16.2. The Morgan fingerprint density at radius 1 is 1.45 bits per heavy atom. The summed E-state index contributed by atoms with van der Waals surface area (Å²) < 4.78 is 7.35. The number of carbonyl (C=O) groups is 1. The summed E-state index contributed by atoms with van der Waals surface area (Å²) in [6, 6.07) is 0.513. The van der Waals surface area contributed by atoms with E-state index < -0.39 is 14.1 Å². The maximum Gasteiger partial charge on any atom is 0.178 e. The van der Waals surface area contributed by atoms with Gasteiger partial charge < -0.3 is 9.84 Å². The molecule has 1 aliphatic heterocycles. The van der Waals surface area contributed by atoms with Gasteiger partial charge in [-0.05, 0) is 6.04 Å². The fourth-order valence-electron chi connectivity index (χ4n) is 1.91. The summed E-state index contributed by atoms with van der Waals surface area (Å²) in [4.78, 5) is 11.5. The molecule has 2 heterocycles. The maximum absolute atomic E-state index is 11.5. The van der Waals surface area contributed by atoms with Gasteiger partial charge >= 0.3 is 0 Å². The first kappa shape index (κ1) is 16.9. The van der Waals surface area contributed by atoms with Gasteiger partial charge in [-0.3, -0.25) is 9.80 Å². The highest BCUT2D eigenvalue weighted by atomic mass is 28.3. The van der Waals surface area contributed by atoms with E-state index in [1.165, 1.54) is 6.08 Å². The van der Waals surface area contributed by atoms with Crippen LogP contribution >= 0.6 is 0 Å². The summed E-state index contributed by atoms with van der Waals surface area (Å²) in [6.45, 7) is 7.85. The fraction of sp³-hybridized carbons (Fsp3) is 0.571. The number of nitrogens with one attached hydrogen (secondary N) is 1. The van der Waals surface area contributed by atoms with E-state index in [-0.39, 0.29) is 12.4 Å². The Morgan fingerprint density at radius 2 is 2.23 bits per heavy atom. The first-order valence-corrected chi connectivity index (χ1v) is 11.1. The van der Waals surface area contributed by atoms with Gasteiger partial charge in [-0.15, -0.1) is 0 Å². The molecule has 0 saturated carbocycles. The van der Waals surface area contributed by atoms with Gasteiger partial charge in [0.15, 0.2) is 5.78 Å². The van der Waals surface area contributed by atoms with Crippen molar-refractivity contribution >= 4 is 19.5 Å². The number of rotatable bonds is 7. The zero-order valence-electron chi connectivity index (χ0n) is 13.3. The van der Waals surface area contributed by atoms with Gasteiger partial charge in [0.2, 0.25) is 0 Å². The largest absolute Gasteiger partial charge is 0.394 e. The van der Waals surface area contributed by atoms with E-state index in [2.05, 4.69) is 30.2 Å². The molecule has 0 saturated heterocycles. The molecule has 1 atom stereocenters. The number of hydrogen-bond donors (Lipinski definition) is 2. The Hall–Kier alpha value is -1.48. The number of anilines is 1. The minimum Gasteiger partial charge on any atom is -0.394 e. The monoisotopic (exact) mass is 324 g/mol. The summed E-state index contributed by atoms with van der Waals surface area (Å²) in [6.07, 6.45) is 6.58. The molecule has 2 N–H and O–H groups in total. The second-order valence-electron chi connectivity index (χ2n) is 6.54. The number of hydrazine groups is 1. The third kappa shape index (κ3) is 4.77. The molecule has 0 unspecified atom stereocenters. The number of aliphatic hydroxyl groups is 1. The molecular formula is C14H24N4O3Si. The van der Waals surface area contributed by atoms with Crippen LogP contribution in [0.2, 0.25) is 25.7 Å². The third-order valence-electron chi connectivity index (χ3n) is 3.33. The minimum absolute atomic E-state index is 0.138. The van der Waals surface area contributed by atoms with Crippen LogP contribution in [0.3, 0.4) is 0 Å². The van der Waals surface area contributed by atoms with E-state index in [0.29, 0.717) is 6.73 Å². The molecule has 7 nitrogen and oxygen atoms in total. The molecule has 0 fully saturated rings. The average molecular weight is 324 g/mol. The van der Waals surface area contributed by atoms with Gasteiger partial charge in [0.05, 0.1) is 24.7 Å². The predicted octanol–water partition coefficient (Wildman–Crippen LogP) is 0.964. The van der Waals surface area contributed by atoms with Gasteiger partial charge in [0.25, 0.3) is 0 Å². The van der Waals surface area contributed by atoms with Crippen LogP contribution < -0.4 is 10.4 Å². The van der Waals surface area contributed by atoms with Crippen molar-refractivity contribution in [2.45, 2.75) is 38.5 Å². The second kappa shape index (κ2) is 7.19. The molecule has 1 aromatic heterocycles. The number of ether oxygens (including phenoxy) is 1. The second-order valence-corrected chi connectivity index (χ2v) is 12.2. The lowest BCUT2D eigenvalue weighted by Crippen LogP contribution is -2.50. The molecule has 1 aliphatic rings. The van der Waals surface area contributed by atoms with Crippen molar-refractivity contribution in [1.29, 1.82) is 0 Å². The molecule has 0 aromatic carbocycles. The highest BCUT2D eigenvalue weighted by molar-refractivity contribution is 6.76. The quantitative estimate of drug-likeness (QED) is 0.574. The van der Waals surface area contributed by atoms with Gasteiger partial charge in [-0.1, -0.05) is 19.6 Å². The van der Waals surface area contributed by atoms with E-state index in [9.17, 15) is 4.79 Å². The lowest BCUT2D eigenvalue weighted by Gasteiger charge is -2.27. The Balaban J connectivity index is 1.86. The SMILES string of the molecule is C[Si](C)(C)CCOCn1cc(N2C=CC(=O)[C@@H](CO)N2)cn1. The number of aliphatic hydroxyl groups excluding tert-OH is 1. The van der Waals surface area contributed by atoms with E-state index in [1.807, 2.05) is 6.20 Å². The van der Waals surface area contributed by atoms with Gasteiger partial charge in [-0.2, -0.15) is 5.10 Å². The summed E-state index contributed by atoms with van der Waals surface area (Å²) >= 11 is 0. The summed E-state index contributed by atoms with van der Waals surface area (Å²) in [5.74, 6) is -0.138. The standard InChI is InChI=1S/C14H24N4O3Si/c1-22(2,3)7-6-21-11-17-9-12(8-15-17)18-5-4-14(20)13(10-19)16-18/h4-5,8-9,13,16,19H,6-7,10-11H2,1-3H3/t13-/m1/s1. The van der Waals surface area contributed by atoms with Crippen LogP contribution in [0.1, 0.15) is 0 Å². The molecule has 0 spiro atoms. The number of nitrogens with zero attached hydrogens (tertiary/aromatic N) is 3. The number of aromatic nitrogens is 2. The highest BCUT2D eigenvalue weighted by Crippen LogP contribution is 2.14. The third-order valence-corrected chi connectivity index (χ3v) is 5.03. The van der Waals surface area contributed by atoms with Gasteiger partial charge in [-0.25, -0.2) is 10.1 Å². The smallest absolute Gasteiger partial charge is 0.178 e. The van der Waals surface area contributed by atoms with E-state index in [1.54, 1.807) is 22.1 Å². The van der Waals surface area contributed by atoms with Crippen molar-refractivity contribution < 1.29 is 14.6 Å². The van der Waals surface area contributed by atoms with Crippen LogP contribution in [0.5, 0.6) is 0 Å². The lowest BCUT2D eigenvalue weighted by atomic mass is 10.2. The van der Waals surface area contributed by atoms with Gasteiger partial charge in [0, 0.05) is 27.0 Å². The maximum atomic E-state index is 11.5. The Kier molecular flexibility index (Phi) is 5.51. The zero-order valence-corrected chi connectivity index (χ0v) is 14.3. The molecule has 0 bridgehead atoms. The molecule has 0 aliphatic carbocycles. The molecular weight excluding hydrogens is 300 g/mol. The molecule has 122 valence electrons. The van der Waals surface area contributed by atoms with Crippen molar-refractivity contribution in [3.8, 4) is 0 Å². The van der Waals surface area contributed by atoms with Crippen LogP contribution in [-0.2, 0) is 16.3 Å². The van der Waals surface area contributed by atoms with E-state index in [4.69, 9.17) is 9.84 Å². The van der Waals surface area contributed by atoms with Crippen LogP contribution in [-0.4, -0.2) is 48.0 Å². The lowest BCUT2D eigenvalue weighted by molar-refractivity contribution is -0.117. The predicted molar refractivity (Wildman–Crippen MR) is 87.0 cm³/mol. The molecule has 1 aromatic rings. The molecule has 22 heavy (non-hydrogen) atoms. The van der Waals surface area contributed by atoms with Crippen molar-refractivity contribution in [2.24, 2.45) is 0 Å². The Bertz CT molecular complexity index is 538. The summed E-state index contributed by atoms with van der Waals surface area (Å²) in [5, 5.41) is 15.1. The van der Waals surface area contributed by atoms with Crippen molar-refractivity contribution in [3.05, 3.63) is 24.7 Å². The highest BCUT2D eigenvalue weighted by Gasteiger charge is 2.22. The minimum atomic E-state index is -1.07. The number of hydrogen-bond acceptors (Lipinski definition) is 6. The molecule has 0 radical (unpaired) electrons. The van der Waals surface area contributed by atoms with Crippen LogP contribution in [0.25, 0.3) is 0 Å². The molecule has 2 rings (SSSR count). The Morgan fingerprint density at radius 3 is 2.91 bits per heavy atom. The fourth-order valence-corrected chi connectivity index (χ4v) is 2.67. The topological polar surface area (TPSA) is 79.6 Å².